The van der Waals surface area contributed by atoms with Gasteiger partial charge in [-0.05, 0) is 85.8 Å². The topological polar surface area (TPSA) is 84.7 Å². The average molecular weight is 478 g/mol. The van der Waals surface area contributed by atoms with E-state index < -0.39 is 12.0 Å². The number of carbonyl (C=O) groups is 2. The number of aliphatic carboxylic acids is 1. The second-order valence-corrected chi connectivity index (χ2v) is 11.7. The first-order valence-corrected chi connectivity index (χ1v) is 13.0. The van der Waals surface area contributed by atoms with Gasteiger partial charge in [0.05, 0.1) is 25.7 Å². The second-order valence-electron chi connectivity index (χ2n) is 11.7. The number of methoxy groups -OCH3 is 1. The number of carboxylic acids is 1. The molecule has 1 aliphatic heterocycles. The molecule has 7 heteroatoms. The molecule has 1 aromatic heterocycles. The van der Waals surface area contributed by atoms with E-state index in [0.29, 0.717) is 19.4 Å². The minimum atomic E-state index is -0.928. The zero-order valence-electron chi connectivity index (χ0n) is 20.7. The molecule has 0 spiro atoms. The molecule has 1 N–H and O–H groups in total. The van der Waals surface area contributed by atoms with Gasteiger partial charge in [-0.2, -0.15) is 0 Å². The summed E-state index contributed by atoms with van der Waals surface area (Å²) in [5, 5.41) is 10.1. The van der Waals surface area contributed by atoms with Gasteiger partial charge in [-0.1, -0.05) is 12.1 Å². The minimum absolute atomic E-state index is 0.00493. The first kappa shape index (κ1) is 22.6. The molecule has 0 unspecified atom stereocenters. The zero-order chi connectivity index (χ0) is 24.3. The fourth-order valence-corrected chi connectivity index (χ4v) is 8.16. The number of imidazole rings is 1. The Morgan fingerprint density at radius 2 is 1.83 bits per heavy atom. The largest absolute Gasteiger partial charge is 0.496 e. The maximum atomic E-state index is 13.6. The van der Waals surface area contributed by atoms with Crippen LogP contribution in [0.1, 0.15) is 67.5 Å². The lowest BCUT2D eigenvalue weighted by atomic mass is 9.49. The van der Waals surface area contributed by atoms with Crippen LogP contribution in [0, 0.1) is 30.1 Å². The van der Waals surface area contributed by atoms with Gasteiger partial charge in [-0.3, -0.25) is 4.79 Å². The van der Waals surface area contributed by atoms with Crippen LogP contribution in [0.25, 0.3) is 0 Å². The van der Waals surface area contributed by atoms with E-state index in [-0.39, 0.29) is 17.9 Å². The maximum absolute atomic E-state index is 13.6. The van der Waals surface area contributed by atoms with Gasteiger partial charge in [-0.15, -0.1) is 0 Å². The van der Waals surface area contributed by atoms with Crippen molar-refractivity contribution < 1.29 is 19.4 Å². The molecule has 4 aliphatic carbocycles. The number of ether oxygens (including phenoxy) is 1. The first-order valence-electron chi connectivity index (χ1n) is 13.0. The quantitative estimate of drug-likeness (QED) is 0.674. The summed E-state index contributed by atoms with van der Waals surface area (Å²) in [7, 11) is 1.66. The molecule has 4 bridgehead atoms. The Balaban J connectivity index is 1.21. The van der Waals surface area contributed by atoms with Crippen LogP contribution in [0.5, 0.6) is 5.75 Å². The summed E-state index contributed by atoms with van der Waals surface area (Å²) in [5.74, 6) is 2.24. The summed E-state index contributed by atoms with van der Waals surface area (Å²) in [6.07, 6.45) is 10.0. The third kappa shape index (κ3) is 4.03. The van der Waals surface area contributed by atoms with Crippen LogP contribution in [-0.4, -0.2) is 44.6 Å². The highest BCUT2D eigenvalue weighted by molar-refractivity contribution is 5.84. The number of rotatable bonds is 6. The Morgan fingerprint density at radius 1 is 1.14 bits per heavy atom. The van der Waals surface area contributed by atoms with E-state index in [9.17, 15) is 14.7 Å². The molecule has 186 valence electrons. The molecular formula is C28H35N3O4. The van der Waals surface area contributed by atoms with Crippen molar-refractivity contribution in [1.82, 2.24) is 14.5 Å². The van der Waals surface area contributed by atoms with E-state index in [0.717, 1.165) is 65.3 Å². The molecule has 35 heavy (non-hydrogen) atoms. The first-order chi connectivity index (χ1) is 16.8. The number of aryl methyl sites for hydroxylation is 1. The van der Waals surface area contributed by atoms with Crippen molar-refractivity contribution in [1.29, 1.82) is 0 Å². The van der Waals surface area contributed by atoms with Crippen LogP contribution in [0.15, 0.2) is 24.5 Å². The number of carboxylic acid groups (broad SMARTS) is 1. The number of hydrogen-bond acceptors (Lipinski definition) is 4. The van der Waals surface area contributed by atoms with Gasteiger partial charge in [0.15, 0.2) is 0 Å². The molecule has 0 radical (unpaired) electrons. The Kier molecular flexibility index (Phi) is 5.42. The SMILES string of the molecule is COc1ccc(Cn2cnc3c2C[C@@H](C(=O)O)N(C(=O)CC24CC5CC(CC(C5)C2)C4)C3)cc1C. The van der Waals surface area contributed by atoms with Crippen molar-refractivity contribution in [2.75, 3.05) is 7.11 Å². The summed E-state index contributed by atoms with van der Waals surface area (Å²) in [6, 6.07) is 5.23. The van der Waals surface area contributed by atoms with Crippen molar-refractivity contribution in [3.8, 4) is 5.75 Å². The third-order valence-corrected chi connectivity index (χ3v) is 9.22. The smallest absolute Gasteiger partial charge is 0.326 e. The van der Waals surface area contributed by atoms with E-state index in [1.807, 2.05) is 23.6 Å². The molecule has 7 nitrogen and oxygen atoms in total. The lowest BCUT2D eigenvalue weighted by molar-refractivity contribution is -0.155. The van der Waals surface area contributed by atoms with Crippen LogP contribution < -0.4 is 4.74 Å². The van der Waals surface area contributed by atoms with Crippen molar-refractivity contribution in [2.45, 2.75) is 77.4 Å². The Bertz CT molecular complexity index is 1130. The number of hydrogen-bond donors (Lipinski definition) is 1. The van der Waals surface area contributed by atoms with E-state index in [4.69, 9.17) is 4.74 Å². The summed E-state index contributed by atoms with van der Waals surface area (Å²) in [4.78, 5) is 32.2. The van der Waals surface area contributed by atoms with Crippen LogP contribution >= 0.6 is 0 Å². The van der Waals surface area contributed by atoms with Crippen molar-refractivity contribution >= 4 is 11.9 Å². The number of benzene rings is 1. The number of nitrogens with zero attached hydrogens (tertiary/aromatic N) is 3. The molecule has 5 aliphatic rings. The van der Waals surface area contributed by atoms with E-state index in [1.165, 1.54) is 19.3 Å². The van der Waals surface area contributed by atoms with Crippen LogP contribution in [0.4, 0.5) is 0 Å². The van der Waals surface area contributed by atoms with E-state index in [2.05, 4.69) is 11.1 Å². The van der Waals surface area contributed by atoms with Gasteiger partial charge >= 0.3 is 5.97 Å². The molecule has 1 atom stereocenters. The molecule has 0 saturated heterocycles. The Hall–Kier alpha value is -2.83. The van der Waals surface area contributed by atoms with Gasteiger partial charge in [0.2, 0.25) is 5.91 Å². The zero-order valence-corrected chi connectivity index (χ0v) is 20.7. The Labute approximate surface area is 206 Å². The summed E-state index contributed by atoms with van der Waals surface area (Å²) in [5.41, 5.74) is 4.01. The highest BCUT2D eigenvalue weighted by Crippen LogP contribution is 2.61. The molecule has 1 aromatic carbocycles. The predicted molar refractivity (Wildman–Crippen MR) is 130 cm³/mol. The van der Waals surface area contributed by atoms with Crippen LogP contribution in [-0.2, 0) is 29.1 Å². The van der Waals surface area contributed by atoms with Crippen molar-refractivity contribution in [3.63, 3.8) is 0 Å². The number of fused-ring (bicyclic) bond motifs is 1. The number of amides is 1. The summed E-state index contributed by atoms with van der Waals surface area (Å²) >= 11 is 0. The summed E-state index contributed by atoms with van der Waals surface area (Å²) in [6.45, 7) is 2.91. The van der Waals surface area contributed by atoms with Gasteiger partial charge in [0.1, 0.15) is 11.8 Å². The standard InChI is InChI=1S/C28H35N3O4/c1-17-5-18(3-4-25(17)35-2)14-30-16-29-22-15-31(24(27(33)34)9-23(22)30)26(32)13-28-10-19-6-20(11-28)8-21(7-19)12-28/h3-5,16,19-21,24H,6-15H2,1-2H3,(H,33,34)/t19?,20?,21?,24-,28?/m0/s1. The molecule has 4 fully saturated rings. The predicted octanol–water partition coefficient (Wildman–Crippen LogP) is 4.19. The summed E-state index contributed by atoms with van der Waals surface area (Å²) < 4.78 is 7.40. The fraction of sp³-hybridized carbons (Fsp3) is 0.607. The van der Waals surface area contributed by atoms with Gasteiger partial charge < -0.3 is 19.3 Å². The molecule has 2 heterocycles. The molecule has 4 saturated carbocycles. The van der Waals surface area contributed by atoms with Gasteiger partial charge in [0, 0.05) is 25.1 Å². The number of aromatic nitrogens is 2. The third-order valence-electron chi connectivity index (χ3n) is 9.22. The molecule has 2 aromatic rings. The van der Waals surface area contributed by atoms with Crippen molar-refractivity contribution in [2.24, 2.45) is 23.2 Å². The van der Waals surface area contributed by atoms with Crippen LogP contribution in [0.3, 0.4) is 0 Å². The second kappa shape index (κ2) is 8.38. The minimum Gasteiger partial charge on any atom is -0.496 e. The highest BCUT2D eigenvalue weighted by atomic mass is 16.5. The van der Waals surface area contributed by atoms with Crippen LogP contribution in [0.2, 0.25) is 0 Å². The lowest BCUT2D eigenvalue weighted by Crippen LogP contribution is -2.52. The Morgan fingerprint density at radius 3 is 2.43 bits per heavy atom. The van der Waals surface area contributed by atoms with Crippen molar-refractivity contribution in [3.05, 3.63) is 47.0 Å². The normalized spacial score (nSPS) is 30.9. The molecule has 1 amide bonds. The van der Waals surface area contributed by atoms with E-state index in [1.54, 1.807) is 18.3 Å². The fourth-order valence-electron chi connectivity index (χ4n) is 8.16. The molecular weight excluding hydrogens is 442 g/mol. The maximum Gasteiger partial charge on any atom is 0.326 e. The van der Waals surface area contributed by atoms with Gasteiger partial charge in [-0.25, -0.2) is 9.78 Å². The highest BCUT2D eigenvalue weighted by Gasteiger charge is 2.52. The molecule has 7 rings (SSSR count). The lowest BCUT2D eigenvalue weighted by Gasteiger charge is -2.57. The van der Waals surface area contributed by atoms with E-state index >= 15 is 0 Å². The average Bonchev–Trinajstić information content (AvgIpc) is 3.19. The van der Waals surface area contributed by atoms with Gasteiger partial charge in [0.25, 0.3) is 0 Å². The monoisotopic (exact) mass is 477 g/mol. The number of carbonyl (C=O) groups excluding carboxylic acids is 1.